The van der Waals surface area contributed by atoms with Crippen LogP contribution in [0.3, 0.4) is 0 Å². The maximum absolute atomic E-state index is 13.2. The molecule has 1 saturated heterocycles. The minimum Gasteiger partial charge on any atom is -0.389 e. The van der Waals surface area contributed by atoms with Gasteiger partial charge in [-0.2, -0.15) is 0 Å². The van der Waals surface area contributed by atoms with Crippen LogP contribution in [-0.2, 0) is 11.2 Å². The maximum atomic E-state index is 13.2. The van der Waals surface area contributed by atoms with E-state index in [4.69, 9.17) is 11.6 Å². The summed E-state index contributed by atoms with van der Waals surface area (Å²) >= 11 is 7.43. The number of pyridine rings is 1. The van der Waals surface area contributed by atoms with Gasteiger partial charge < -0.3 is 14.9 Å². The number of aromatic nitrogens is 1. The minimum atomic E-state index is -1.00. The summed E-state index contributed by atoms with van der Waals surface area (Å²) in [7, 11) is 2.98. The van der Waals surface area contributed by atoms with Gasteiger partial charge >= 0.3 is 0 Å². The number of piperidine rings is 1. The summed E-state index contributed by atoms with van der Waals surface area (Å²) in [5.74, 6) is -2.11. The van der Waals surface area contributed by atoms with Gasteiger partial charge in [0.05, 0.1) is 16.1 Å². The smallest absolute Gasteiger partial charge is 0.295 e. The van der Waals surface area contributed by atoms with Gasteiger partial charge in [-0.15, -0.1) is 11.3 Å². The lowest BCUT2D eigenvalue weighted by Crippen LogP contribution is -2.48. The highest BCUT2D eigenvalue weighted by Crippen LogP contribution is 2.31. The highest BCUT2D eigenvalue weighted by atomic mass is 35.5. The Labute approximate surface area is 204 Å². The number of halogens is 2. The Bertz CT molecular complexity index is 1270. The normalized spacial score (nSPS) is 15.4. The van der Waals surface area contributed by atoms with Crippen molar-refractivity contribution >= 4 is 51.4 Å². The number of amides is 2. The second-order valence-electron chi connectivity index (χ2n) is 8.67. The average molecular weight is 504 g/mol. The summed E-state index contributed by atoms with van der Waals surface area (Å²) in [5.41, 5.74) is 0.0846. The van der Waals surface area contributed by atoms with Gasteiger partial charge in [0.15, 0.2) is 0 Å². The quantitative estimate of drug-likeness (QED) is 0.424. The van der Waals surface area contributed by atoms with Gasteiger partial charge in [0, 0.05) is 44.4 Å². The van der Waals surface area contributed by atoms with Gasteiger partial charge in [-0.1, -0.05) is 23.7 Å². The molecule has 3 heterocycles. The van der Waals surface area contributed by atoms with E-state index in [2.05, 4.69) is 4.98 Å². The van der Waals surface area contributed by atoms with Crippen LogP contribution in [0, 0.1) is 5.82 Å². The summed E-state index contributed by atoms with van der Waals surface area (Å²) in [6.07, 6.45) is 1.05. The number of nitrogens with zero attached hydrogens (tertiary/aromatic N) is 3. The predicted molar refractivity (Wildman–Crippen MR) is 128 cm³/mol. The fraction of sp³-hybridized carbons (Fsp3) is 0.333. The molecule has 1 aliphatic heterocycles. The number of hydrogen-bond acceptors (Lipinski definition) is 6. The van der Waals surface area contributed by atoms with Crippen molar-refractivity contribution in [3.05, 3.63) is 62.7 Å². The molecular weight excluding hydrogens is 481 g/mol. The monoisotopic (exact) mass is 503 g/mol. The summed E-state index contributed by atoms with van der Waals surface area (Å²) in [6, 6.07) is 7.57. The molecule has 7 nitrogen and oxygen atoms in total. The van der Waals surface area contributed by atoms with Gasteiger partial charge in [0.1, 0.15) is 16.4 Å². The number of aliphatic hydroxyl groups is 1. The van der Waals surface area contributed by atoms with E-state index in [9.17, 15) is 23.9 Å². The minimum absolute atomic E-state index is 0.00268. The van der Waals surface area contributed by atoms with Crippen LogP contribution in [-0.4, -0.2) is 70.3 Å². The molecule has 1 aliphatic rings. The van der Waals surface area contributed by atoms with Crippen LogP contribution < -0.4 is 0 Å². The Morgan fingerprint density at radius 1 is 1.21 bits per heavy atom. The van der Waals surface area contributed by atoms with Crippen LogP contribution in [0.4, 0.5) is 4.39 Å². The summed E-state index contributed by atoms with van der Waals surface area (Å²) in [4.78, 5) is 45.2. The number of fused-ring (bicyclic) bond motifs is 1. The van der Waals surface area contributed by atoms with Crippen molar-refractivity contribution in [2.24, 2.45) is 0 Å². The Kier molecular flexibility index (Phi) is 6.71. The molecule has 0 unspecified atom stereocenters. The molecule has 10 heteroatoms. The summed E-state index contributed by atoms with van der Waals surface area (Å²) in [6.45, 7) is 0.586. The lowest BCUT2D eigenvalue weighted by atomic mass is 9.85. The fourth-order valence-electron chi connectivity index (χ4n) is 4.00. The van der Waals surface area contributed by atoms with Crippen LogP contribution >= 0.6 is 22.9 Å². The van der Waals surface area contributed by atoms with Crippen molar-refractivity contribution in [2.75, 3.05) is 27.2 Å². The molecule has 1 N–H and O–H groups in total. The number of rotatable bonds is 5. The van der Waals surface area contributed by atoms with Crippen molar-refractivity contribution in [3.8, 4) is 0 Å². The first kappa shape index (κ1) is 24.3. The number of ketones is 1. The molecule has 0 saturated carbocycles. The van der Waals surface area contributed by atoms with Crippen molar-refractivity contribution in [1.29, 1.82) is 0 Å². The lowest BCUT2D eigenvalue weighted by molar-refractivity contribution is -0.124. The van der Waals surface area contributed by atoms with E-state index in [1.54, 1.807) is 28.5 Å². The maximum Gasteiger partial charge on any atom is 0.295 e. The number of likely N-dealkylation sites (tertiary alicyclic amines) is 1. The van der Waals surface area contributed by atoms with Crippen LogP contribution in [0.5, 0.6) is 0 Å². The largest absolute Gasteiger partial charge is 0.389 e. The first-order chi connectivity index (χ1) is 16.1. The predicted octanol–water partition coefficient (Wildman–Crippen LogP) is 3.57. The van der Waals surface area contributed by atoms with E-state index in [1.807, 2.05) is 0 Å². The molecule has 2 aromatic heterocycles. The fourth-order valence-corrected chi connectivity index (χ4v) is 5.13. The van der Waals surface area contributed by atoms with E-state index in [-0.39, 0.29) is 26.9 Å². The molecule has 0 spiro atoms. The molecule has 1 fully saturated rings. The standard InChI is InChI=1S/C24H23ClFN3O4S/c1-28(2)23(32)20(30)21-18-15(13-34-21)11-17(25)19(27-18)22(31)29-9-7-24(33,8-10-29)12-14-3-5-16(26)6-4-14/h3-6,11,13,33H,7-10,12H2,1-2H3. The number of hydrogen-bond donors (Lipinski definition) is 1. The van der Waals surface area contributed by atoms with Gasteiger partial charge in [0.25, 0.3) is 17.6 Å². The van der Waals surface area contributed by atoms with Gasteiger partial charge in [0.2, 0.25) is 0 Å². The molecular formula is C24H23ClFN3O4S. The highest BCUT2D eigenvalue weighted by molar-refractivity contribution is 7.14. The van der Waals surface area contributed by atoms with Crippen molar-refractivity contribution in [2.45, 2.75) is 24.9 Å². The number of Topliss-reactive ketones (excluding diaryl/α,β-unsaturated/α-hetero) is 1. The third-order valence-corrected chi connectivity index (χ3v) is 7.24. The first-order valence-electron chi connectivity index (χ1n) is 10.7. The number of carbonyl (C=O) groups excluding carboxylic acids is 3. The van der Waals surface area contributed by atoms with Crippen LogP contribution in [0.1, 0.15) is 38.6 Å². The van der Waals surface area contributed by atoms with E-state index >= 15 is 0 Å². The van der Waals surface area contributed by atoms with E-state index in [0.717, 1.165) is 16.9 Å². The molecule has 34 heavy (non-hydrogen) atoms. The molecule has 3 aromatic rings. The molecule has 0 atom stereocenters. The molecule has 2 amide bonds. The third kappa shape index (κ3) is 4.82. The average Bonchev–Trinajstić information content (AvgIpc) is 3.21. The number of likely N-dealkylation sites (N-methyl/N-ethyl adjacent to an activating group) is 1. The first-order valence-corrected chi connectivity index (χ1v) is 11.9. The SMILES string of the molecule is CN(C)C(=O)C(=O)c1scc2cc(Cl)c(C(=O)N3CCC(O)(Cc4ccc(F)cc4)CC3)nc12. The lowest BCUT2D eigenvalue weighted by Gasteiger charge is -2.38. The van der Waals surface area contributed by atoms with Crippen LogP contribution in [0.15, 0.2) is 35.7 Å². The van der Waals surface area contributed by atoms with Crippen LogP contribution in [0.25, 0.3) is 10.9 Å². The second kappa shape index (κ2) is 9.40. The number of carbonyl (C=O) groups is 3. The van der Waals surface area contributed by atoms with Crippen LogP contribution in [0.2, 0.25) is 5.02 Å². The van der Waals surface area contributed by atoms with Crippen molar-refractivity contribution in [3.63, 3.8) is 0 Å². The summed E-state index contributed by atoms with van der Waals surface area (Å²) < 4.78 is 13.2. The number of benzene rings is 1. The molecule has 0 aliphatic carbocycles. The zero-order valence-electron chi connectivity index (χ0n) is 18.7. The Balaban J connectivity index is 1.52. The topological polar surface area (TPSA) is 90.8 Å². The number of thiophene rings is 1. The van der Waals surface area contributed by atoms with Gasteiger partial charge in [-0.05, 0) is 36.6 Å². The molecule has 4 rings (SSSR count). The van der Waals surface area contributed by atoms with Gasteiger partial charge in [-0.3, -0.25) is 14.4 Å². The van der Waals surface area contributed by atoms with E-state index < -0.39 is 23.2 Å². The van der Waals surface area contributed by atoms with Gasteiger partial charge in [-0.25, -0.2) is 9.37 Å². The zero-order chi connectivity index (χ0) is 24.6. The second-order valence-corrected chi connectivity index (χ2v) is 9.96. The molecule has 0 bridgehead atoms. The van der Waals surface area contributed by atoms with Crippen molar-refractivity contribution < 1.29 is 23.9 Å². The Morgan fingerprint density at radius 2 is 1.85 bits per heavy atom. The molecule has 1 aromatic carbocycles. The summed E-state index contributed by atoms with van der Waals surface area (Å²) in [5, 5.41) is 13.4. The third-order valence-electron chi connectivity index (χ3n) is 5.96. The zero-order valence-corrected chi connectivity index (χ0v) is 20.2. The van der Waals surface area contributed by atoms with Crippen molar-refractivity contribution in [1.82, 2.24) is 14.8 Å². The Hall–Kier alpha value is -2.88. The molecule has 178 valence electrons. The Morgan fingerprint density at radius 3 is 2.47 bits per heavy atom. The van der Waals surface area contributed by atoms with E-state index in [1.165, 1.54) is 31.1 Å². The highest BCUT2D eigenvalue weighted by Gasteiger charge is 2.35. The molecule has 0 radical (unpaired) electrons. The van der Waals surface area contributed by atoms with E-state index in [0.29, 0.717) is 37.7 Å².